The highest BCUT2D eigenvalue weighted by molar-refractivity contribution is 7.91. The number of carboxylic acid groups (broad SMARTS) is 1. The third-order valence-corrected chi connectivity index (χ3v) is 5.63. The molecule has 19 heavy (non-hydrogen) atoms. The van der Waals surface area contributed by atoms with Crippen molar-refractivity contribution in [1.29, 1.82) is 0 Å². The Labute approximate surface area is 113 Å². The van der Waals surface area contributed by atoms with E-state index in [4.69, 9.17) is 0 Å². The molecule has 2 rings (SSSR count). The number of hydrogen-bond acceptors (Lipinski definition) is 3. The van der Waals surface area contributed by atoms with Crippen molar-refractivity contribution < 1.29 is 18.3 Å². The van der Waals surface area contributed by atoms with Gasteiger partial charge in [0.15, 0.2) is 9.84 Å². The lowest BCUT2D eigenvalue weighted by Crippen LogP contribution is -2.26. The first-order valence-electron chi connectivity index (χ1n) is 6.23. The van der Waals surface area contributed by atoms with Crippen LogP contribution in [0, 0.1) is 5.41 Å². The zero-order chi connectivity index (χ0) is 14.4. The Morgan fingerprint density at radius 1 is 1.42 bits per heavy atom. The standard InChI is InChI=1S/C14H18O4S/c1-9-8-19(17,18)11-6-4-5-10(12(9)11)7-14(2,3)13(15)16/h4-6,9H,7-8H2,1-3H3,(H,15,16). The van der Waals surface area contributed by atoms with E-state index < -0.39 is 21.2 Å². The summed E-state index contributed by atoms with van der Waals surface area (Å²) in [6.07, 6.45) is 0.339. The monoisotopic (exact) mass is 282 g/mol. The third kappa shape index (κ3) is 2.39. The fraction of sp³-hybridized carbons (Fsp3) is 0.500. The van der Waals surface area contributed by atoms with Crippen molar-refractivity contribution in [3.05, 3.63) is 29.3 Å². The number of aliphatic carboxylic acids is 1. The van der Waals surface area contributed by atoms with Crippen LogP contribution in [0.4, 0.5) is 0 Å². The van der Waals surface area contributed by atoms with Gasteiger partial charge in [-0.2, -0.15) is 0 Å². The molecule has 0 radical (unpaired) electrons. The molecule has 5 heteroatoms. The number of benzene rings is 1. The highest BCUT2D eigenvalue weighted by Crippen LogP contribution is 2.39. The molecule has 0 bridgehead atoms. The fourth-order valence-electron chi connectivity index (χ4n) is 2.63. The molecule has 1 heterocycles. The van der Waals surface area contributed by atoms with Crippen LogP contribution in [0.25, 0.3) is 0 Å². The van der Waals surface area contributed by atoms with E-state index in [2.05, 4.69) is 0 Å². The van der Waals surface area contributed by atoms with Gasteiger partial charge in [0.2, 0.25) is 0 Å². The number of hydrogen-bond donors (Lipinski definition) is 1. The molecule has 1 aliphatic rings. The number of sulfone groups is 1. The van der Waals surface area contributed by atoms with Crippen LogP contribution in [0.15, 0.2) is 23.1 Å². The van der Waals surface area contributed by atoms with Crippen LogP contribution in [0.2, 0.25) is 0 Å². The van der Waals surface area contributed by atoms with Crippen molar-refractivity contribution >= 4 is 15.8 Å². The van der Waals surface area contributed by atoms with Gasteiger partial charge in [0.25, 0.3) is 0 Å². The van der Waals surface area contributed by atoms with Crippen molar-refractivity contribution in [3.8, 4) is 0 Å². The maximum Gasteiger partial charge on any atom is 0.309 e. The molecule has 0 spiro atoms. The van der Waals surface area contributed by atoms with E-state index >= 15 is 0 Å². The largest absolute Gasteiger partial charge is 0.481 e. The van der Waals surface area contributed by atoms with E-state index in [9.17, 15) is 18.3 Å². The number of carboxylic acids is 1. The van der Waals surface area contributed by atoms with Crippen LogP contribution in [0.1, 0.15) is 37.8 Å². The summed E-state index contributed by atoms with van der Waals surface area (Å²) in [5.41, 5.74) is 0.733. The number of fused-ring (bicyclic) bond motifs is 1. The number of rotatable bonds is 3. The maximum absolute atomic E-state index is 12.0. The highest BCUT2D eigenvalue weighted by atomic mass is 32.2. The first kappa shape index (κ1) is 14.1. The molecule has 0 aliphatic carbocycles. The van der Waals surface area contributed by atoms with Gasteiger partial charge in [0.1, 0.15) is 0 Å². The summed E-state index contributed by atoms with van der Waals surface area (Å²) in [6.45, 7) is 5.19. The summed E-state index contributed by atoms with van der Waals surface area (Å²) in [5, 5.41) is 9.20. The van der Waals surface area contributed by atoms with Gasteiger partial charge < -0.3 is 5.11 Å². The second-order valence-corrected chi connectivity index (χ2v) is 7.88. The first-order chi connectivity index (χ1) is 8.65. The fourth-order valence-corrected chi connectivity index (χ4v) is 4.59. The van der Waals surface area contributed by atoms with Gasteiger partial charge >= 0.3 is 5.97 Å². The Kier molecular flexibility index (Phi) is 3.21. The average Bonchev–Trinajstić information content (AvgIpc) is 2.49. The molecule has 0 saturated heterocycles. The normalized spacial score (nSPS) is 21.1. The Hall–Kier alpha value is -1.36. The average molecular weight is 282 g/mol. The van der Waals surface area contributed by atoms with E-state index in [1.54, 1.807) is 26.0 Å². The minimum absolute atomic E-state index is 0.0687. The molecule has 104 valence electrons. The summed E-state index contributed by atoms with van der Waals surface area (Å²) in [6, 6.07) is 5.15. The Balaban J connectivity index is 2.52. The number of carbonyl (C=O) groups is 1. The van der Waals surface area contributed by atoms with Gasteiger partial charge in [-0.1, -0.05) is 19.1 Å². The van der Waals surface area contributed by atoms with Crippen molar-refractivity contribution in [2.45, 2.75) is 38.0 Å². The van der Waals surface area contributed by atoms with Gasteiger partial charge in [-0.3, -0.25) is 4.79 Å². The molecule has 1 aliphatic heterocycles. The van der Waals surface area contributed by atoms with Gasteiger partial charge in [-0.05, 0) is 43.4 Å². The zero-order valence-corrected chi connectivity index (χ0v) is 12.1. The van der Waals surface area contributed by atoms with Gasteiger partial charge in [0.05, 0.1) is 16.1 Å². The zero-order valence-electron chi connectivity index (χ0n) is 11.3. The molecule has 1 unspecified atom stereocenters. The second-order valence-electron chi connectivity index (χ2n) is 5.88. The van der Waals surface area contributed by atoms with Crippen LogP contribution >= 0.6 is 0 Å². The van der Waals surface area contributed by atoms with Crippen LogP contribution in [0.5, 0.6) is 0 Å². The molecule has 1 N–H and O–H groups in total. The molecule has 0 fully saturated rings. The lowest BCUT2D eigenvalue weighted by atomic mass is 9.82. The van der Waals surface area contributed by atoms with Gasteiger partial charge in [-0.25, -0.2) is 8.42 Å². The van der Waals surface area contributed by atoms with E-state index in [1.807, 2.05) is 13.0 Å². The maximum atomic E-state index is 12.0. The molecule has 4 nitrogen and oxygen atoms in total. The molecular formula is C14H18O4S. The molecule has 0 aromatic heterocycles. The molecule has 1 aromatic carbocycles. The SMILES string of the molecule is CC1CS(=O)(=O)c2cccc(CC(C)(C)C(=O)O)c21. The summed E-state index contributed by atoms with van der Waals surface area (Å²) in [5.74, 6) is -0.827. The first-order valence-corrected chi connectivity index (χ1v) is 7.88. The lowest BCUT2D eigenvalue weighted by molar-refractivity contribution is -0.146. The molecular weight excluding hydrogens is 264 g/mol. The van der Waals surface area contributed by atoms with Crippen LogP contribution in [-0.2, 0) is 21.1 Å². The Morgan fingerprint density at radius 2 is 2.05 bits per heavy atom. The van der Waals surface area contributed by atoms with Crippen LogP contribution in [0.3, 0.4) is 0 Å². The highest BCUT2D eigenvalue weighted by Gasteiger charge is 2.36. The van der Waals surface area contributed by atoms with Crippen molar-refractivity contribution in [2.24, 2.45) is 5.41 Å². The smallest absolute Gasteiger partial charge is 0.309 e. The molecule has 1 aromatic rings. The Bertz CT molecular complexity index is 629. The topological polar surface area (TPSA) is 71.4 Å². The summed E-state index contributed by atoms with van der Waals surface area (Å²) in [4.78, 5) is 11.6. The molecule has 0 amide bonds. The van der Waals surface area contributed by atoms with E-state index in [1.165, 1.54) is 0 Å². The van der Waals surface area contributed by atoms with Crippen molar-refractivity contribution in [2.75, 3.05) is 5.75 Å². The van der Waals surface area contributed by atoms with E-state index in [0.29, 0.717) is 11.3 Å². The van der Waals surface area contributed by atoms with Gasteiger partial charge in [-0.15, -0.1) is 0 Å². The van der Waals surface area contributed by atoms with Gasteiger partial charge in [0, 0.05) is 0 Å². The molecule has 0 saturated carbocycles. The van der Waals surface area contributed by atoms with E-state index in [0.717, 1.165) is 11.1 Å². The third-order valence-electron chi connectivity index (χ3n) is 3.67. The minimum Gasteiger partial charge on any atom is -0.481 e. The lowest BCUT2D eigenvalue weighted by Gasteiger charge is -2.21. The quantitative estimate of drug-likeness (QED) is 0.922. The predicted octanol–water partition coefficient (Wildman–Crippen LogP) is 2.23. The van der Waals surface area contributed by atoms with Crippen LogP contribution in [-0.4, -0.2) is 25.2 Å². The Morgan fingerprint density at radius 3 is 2.63 bits per heavy atom. The van der Waals surface area contributed by atoms with E-state index in [-0.39, 0.29) is 11.7 Å². The minimum atomic E-state index is -3.20. The second kappa shape index (κ2) is 4.34. The summed E-state index contributed by atoms with van der Waals surface area (Å²) < 4.78 is 24.0. The predicted molar refractivity (Wildman–Crippen MR) is 72.0 cm³/mol. The molecule has 1 atom stereocenters. The summed E-state index contributed by atoms with van der Waals surface area (Å²) in [7, 11) is -3.20. The van der Waals surface area contributed by atoms with Crippen molar-refractivity contribution in [3.63, 3.8) is 0 Å². The summed E-state index contributed by atoms with van der Waals surface area (Å²) >= 11 is 0. The van der Waals surface area contributed by atoms with Crippen LogP contribution < -0.4 is 0 Å². The van der Waals surface area contributed by atoms with Crippen molar-refractivity contribution in [1.82, 2.24) is 0 Å².